The van der Waals surface area contributed by atoms with Gasteiger partial charge >= 0.3 is 5.97 Å². The monoisotopic (exact) mass is 595 g/mol. The maximum Gasteiger partial charge on any atom is 0.303 e. The quantitative estimate of drug-likeness (QED) is 0.0975. The summed E-state index contributed by atoms with van der Waals surface area (Å²) in [5, 5.41) is 20.1. The van der Waals surface area contributed by atoms with E-state index in [2.05, 4.69) is 36.2 Å². The van der Waals surface area contributed by atoms with Gasteiger partial charge in [0.05, 0.1) is 12.4 Å². The molecule has 4 atom stereocenters. The molecule has 0 saturated heterocycles. The zero-order valence-corrected chi connectivity index (χ0v) is 23.3. The number of rotatable bonds is 17. The van der Waals surface area contributed by atoms with Gasteiger partial charge < -0.3 is 45.9 Å². The minimum atomic E-state index is -1.41. The van der Waals surface area contributed by atoms with E-state index in [0.717, 1.165) is 16.5 Å². The number of imidazole rings is 1. The molecule has 0 unspecified atom stereocenters. The summed E-state index contributed by atoms with van der Waals surface area (Å²) in [4.78, 5) is 95.0. The number of nitrogens with one attached hydrogen (secondary N) is 6. The Morgan fingerprint density at radius 1 is 0.907 bits per heavy atom. The lowest BCUT2D eigenvalue weighted by atomic mass is 10.0. The molecule has 15 nitrogen and oxygen atoms in total. The fourth-order valence-corrected chi connectivity index (χ4v) is 4.42. The molecule has 4 amide bonds. The van der Waals surface area contributed by atoms with Gasteiger partial charge in [-0.3, -0.25) is 24.0 Å². The minimum Gasteiger partial charge on any atom is -0.481 e. The Kier molecular flexibility index (Phi) is 11.7. The summed E-state index contributed by atoms with van der Waals surface area (Å²) in [5.41, 5.74) is 2.01. The number of fused-ring (bicyclic) bond motifs is 1. The normalized spacial score (nSPS) is 13.6. The smallest absolute Gasteiger partial charge is 0.303 e. The number of hydrogen-bond acceptors (Lipinski definition) is 8. The maximum atomic E-state index is 13.4. The number of benzene rings is 1. The third-order valence-electron chi connectivity index (χ3n) is 6.53. The second-order valence-corrected chi connectivity index (χ2v) is 9.81. The third kappa shape index (κ3) is 9.62. The van der Waals surface area contributed by atoms with Gasteiger partial charge in [0.25, 0.3) is 0 Å². The summed E-state index contributed by atoms with van der Waals surface area (Å²) < 4.78 is 0. The number of carboxylic acid groups (broad SMARTS) is 1. The first-order valence-corrected chi connectivity index (χ1v) is 13.4. The van der Waals surface area contributed by atoms with E-state index >= 15 is 0 Å². The Labute approximate surface area is 245 Å². The highest BCUT2D eigenvalue weighted by molar-refractivity contribution is 5.95. The summed E-state index contributed by atoms with van der Waals surface area (Å²) in [6.07, 6.45) is 4.20. The summed E-state index contributed by atoms with van der Waals surface area (Å²) in [5.74, 6) is -4.13. The Morgan fingerprint density at radius 2 is 1.58 bits per heavy atom. The SMILES string of the molecule is CC(=O)N[C@@H](Cc1c[nH]c2ccccc12)C(=O)N[C@@H](CCC(=O)O)C(=O)N[C@@H](Cc1cnc[nH]1)C(=O)N[C@H](C=O)CC=O. The first kappa shape index (κ1) is 32.2. The number of hydrogen-bond donors (Lipinski definition) is 7. The Bertz CT molecular complexity index is 1450. The van der Waals surface area contributed by atoms with Crippen molar-refractivity contribution in [2.45, 2.75) is 63.2 Å². The first-order valence-electron chi connectivity index (χ1n) is 13.4. The average molecular weight is 596 g/mol. The van der Waals surface area contributed by atoms with Crippen LogP contribution in [0.5, 0.6) is 0 Å². The third-order valence-corrected chi connectivity index (χ3v) is 6.53. The number of amides is 4. The summed E-state index contributed by atoms with van der Waals surface area (Å²) in [6.45, 7) is 1.24. The van der Waals surface area contributed by atoms with E-state index in [9.17, 15) is 38.7 Å². The number of aliphatic carboxylic acids is 1. The van der Waals surface area contributed by atoms with Crippen molar-refractivity contribution in [3.63, 3.8) is 0 Å². The number of aromatic nitrogens is 3. The number of carbonyl (C=O) groups is 7. The van der Waals surface area contributed by atoms with Crippen molar-refractivity contribution in [3.05, 3.63) is 54.2 Å². The molecule has 2 heterocycles. The molecule has 228 valence electrons. The summed E-state index contributed by atoms with van der Waals surface area (Å²) >= 11 is 0. The van der Waals surface area contributed by atoms with Crippen LogP contribution in [-0.4, -0.2) is 86.4 Å². The molecule has 3 aromatic rings. The Morgan fingerprint density at radius 3 is 2.23 bits per heavy atom. The highest BCUT2D eigenvalue weighted by Crippen LogP contribution is 2.19. The lowest BCUT2D eigenvalue weighted by Crippen LogP contribution is -2.58. The van der Waals surface area contributed by atoms with Crippen LogP contribution >= 0.6 is 0 Å². The number of carbonyl (C=O) groups excluding carboxylic acids is 6. The predicted octanol–water partition coefficient (Wildman–Crippen LogP) is -0.712. The van der Waals surface area contributed by atoms with Gasteiger partial charge in [-0.05, 0) is 18.1 Å². The second kappa shape index (κ2) is 15.6. The van der Waals surface area contributed by atoms with Gasteiger partial charge in [0.1, 0.15) is 30.7 Å². The molecule has 0 radical (unpaired) electrons. The number of para-hydroxylation sites is 1. The molecule has 0 aliphatic carbocycles. The van der Waals surface area contributed by atoms with Crippen LogP contribution in [0.4, 0.5) is 0 Å². The first-order chi connectivity index (χ1) is 20.6. The molecule has 15 heteroatoms. The lowest BCUT2D eigenvalue weighted by Gasteiger charge is -2.25. The van der Waals surface area contributed by atoms with Crippen molar-refractivity contribution >= 4 is 53.1 Å². The van der Waals surface area contributed by atoms with Crippen molar-refractivity contribution < 1.29 is 38.7 Å². The Balaban J connectivity index is 1.81. The molecular formula is C28H33N7O8. The van der Waals surface area contributed by atoms with E-state index < -0.39 is 60.2 Å². The predicted molar refractivity (Wildman–Crippen MR) is 151 cm³/mol. The van der Waals surface area contributed by atoms with Crippen LogP contribution in [0, 0.1) is 0 Å². The van der Waals surface area contributed by atoms with E-state index in [1.165, 1.54) is 19.4 Å². The average Bonchev–Trinajstić information content (AvgIpc) is 3.63. The molecule has 7 N–H and O–H groups in total. The van der Waals surface area contributed by atoms with E-state index in [4.69, 9.17) is 0 Å². The van der Waals surface area contributed by atoms with Crippen LogP contribution in [0.1, 0.15) is 37.4 Å². The van der Waals surface area contributed by atoms with Crippen LogP contribution in [0.3, 0.4) is 0 Å². The van der Waals surface area contributed by atoms with Gasteiger partial charge in [-0.15, -0.1) is 0 Å². The van der Waals surface area contributed by atoms with Gasteiger partial charge in [0.15, 0.2) is 0 Å². The van der Waals surface area contributed by atoms with Crippen molar-refractivity contribution in [1.82, 2.24) is 36.2 Å². The van der Waals surface area contributed by atoms with Crippen molar-refractivity contribution in [1.29, 1.82) is 0 Å². The number of nitrogens with zero attached hydrogens (tertiary/aromatic N) is 1. The molecule has 0 spiro atoms. The molecular weight excluding hydrogens is 562 g/mol. The molecule has 0 fully saturated rings. The van der Waals surface area contributed by atoms with E-state index in [0.29, 0.717) is 18.3 Å². The lowest BCUT2D eigenvalue weighted by molar-refractivity contribution is -0.138. The van der Waals surface area contributed by atoms with Gasteiger partial charge in [0.2, 0.25) is 23.6 Å². The number of H-pyrrole nitrogens is 2. The minimum absolute atomic E-state index is 0.0668. The standard InChI is InChI=1S/C28H33N7O8/c1-16(38)32-23(10-17-12-30-21-5-3-2-4-20(17)21)28(43)34-22(6-7-25(39)40)26(41)35-24(11-19-13-29-15-31-19)27(42)33-18(14-37)8-9-36/h2-5,9,12-15,18,22-24,30H,6-8,10-11H2,1H3,(H,29,31)(H,32,38)(H,33,42)(H,34,43)(H,35,41)(H,39,40)/t18-,22-,23-,24-/m0/s1. The molecule has 1 aromatic carbocycles. The van der Waals surface area contributed by atoms with Gasteiger partial charge in [-0.1, -0.05) is 18.2 Å². The Hall–Kier alpha value is -5.34. The molecule has 0 aliphatic rings. The van der Waals surface area contributed by atoms with E-state index in [-0.39, 0.29) is 25.7 Å². The van der Waals surface area contributed by atoms with Crippen LogP contribution in [0.15, 0.2) is 43.0 Å². The zero-order valence-electron chi connectivity index (χ0n) is 23.3. The van der Waals surface area contributed by atoms with E-state index in [1.807, 2.05) is 24.3 Å². The zero-order chi connectivity index (χ0) is 31.4. The molecule has 43 heavy (non-hydrogen) atoms. The number of aromatic amines is 2. The van der Waals surface area contributed by atoms with Crippen molar-refractivity contribution in [2.75, 3.05) is 0 Å². The van der Waals surface area contributed by atoms with Gasteiger partial charge in [0, 0.05) is 61.6 Å². The molecule has 3 rings (SSSR count). The maximum absolute atomic E-state index is 13.4. The fraction of sp³-hybridized carbons (Fsp3) is 0.357. The topological polar surface area (TPSA) is 232 Å². The molecule has 0 aliphatic heterocycles. The van der Waals surface area contributed by atoms with Crippen LogP contribution < -0.4 is 21.3 Å². The summed E-state index contributed by atoms with van der Waals surface area (Å²) in [6, 6.07) is 2.43. The van der Waals surface area contributed by atoms with Crippen molar-refractivity contribution in [2.24, 2.45) is 0 Å². The number of carboxylic acids is 1. The van der Waals surface area contributed by atoms with Crippen LogP contribution in [0.2, 0.25) is 0 Å². The highest BCUT2D eigenvalue weighted by atomic mass is 16.4. The fourth-order valence-electron chi connectivity index (χ4n) is 4.42. The van der Waals surface area contributed by atoms with Crippen LogP contribution in [-0.2, 0) is 46.4 Å². The van der Waals surface area contributed by atoms with Crippen molar-refractivity contribution in [3.8, 4) is 0 Å². The van der Waals surface area contributed by atoms with Crippen LogP contribution in [0.25, 0.3) is 10.9 Å². The molecule has 0 bridgehead atoms. The molecule has 0 saturated carbocycles. The van der Waals surface area contributed by atoms with E-state index in [1.54, 1.807) is 6.20 Å². The van der Waals surface area contributed by atoms with Gasteiger partial charge in [-0.25, -0.2) is 4.98 Å². The van der Waals surface area contributed by atoms with Gasteiger partial charge in [-0.2, -0.15) is 0 Å². The largest absolute Gasteiger partial charge is 0.481 e. The molecule has 2 aromatic heterocycles. The summed E-state index contributed by atoms with van der Waals surface area (Å²) in [7, 11) is 0. The second-order valence-electron chi connectivity index (χ2n) is 9.81. The number of aldehydes is 2. The highest BCUT2D eigenvalue weighted by Gasteiger charge is 2.31.